The molecule has 0 aliphatic heterocycles. The van der Waals surface area contributed by atoms with Gasteiger partial charge in [0.15, 0.2) is 4.96 Å². The van der Waals surface area contributed by atoms with Gasteiger partial charge in [-0.15, -0.1) is 11.3 Å². The number of nitrogens with zero attached hydrogens (tertiary/aromatic N) is 2. The third-order valence-electron chi connectivity index (χ3n) is 5.37. The normalized spacial score (nSPS) is 17.9. The lowest BCUT2D eigenvalue weighted by Gasteiger charge is -2.19. The predicted molar refractivity (Wildman–Crippen MR) is 106 cm³/mol. The highest BCUT2D eigenvalue weighted by atomic mass is 32.1. The number of thiazole rings is 1. The Balaban J connectivity index is 1.82. The van der Waals surface area contributed by atoms with Crippen LogP contribution in [0.25, 0.3) is 16.2 Å². The van der Waals surface area contributed by atoms with Gasteiger partial charge in [-0.2, -0.15) is 0 Å². The van der Waals surface area contributed by atoms with Gasteiger partial charge in [-0.3, -0.25) is 4.40 Å². The van der Waals surface area contributed by atoms with Crippen LogP contribution in [-0.4, -0.2) is 9.38 Å². The fourth-order valence-corrected chi connectivity index (χ4v) is 5.18. The third-order valence-corrected chi connectivity index (χ3v) is 6.48. The summed E-state index contributed by atoms with van der Waals surface area (Å²) >= 11 is 1.85. The molecule has 0 amide bonds. The Labute approximate surface area is 153 Å². The second kappa shape index (κ2) is 5.96. The number of aromatic nitrogens is 2. The smallest absolute Gasteiger partial charge is 0.194 e. The van der Waals surface area contributed by atoms with E-state index in [1.54, 1.807) is 0 Å². The summed E-state index contributed by atoms with van der Waals surface area (Å²) in [5, 5.41) is 0. The molecule has 3 nitrogen and oxygen atoms in total. The van der Waals surface area contributed by atoms with Gasteiger partial charge in [0.1, 0.15) is 0 Å². The maximum atomic E-state index is 6.16. The van der Waals surface area contributed by atoms with E-state index < -0.39 is 0 Å². The Morgan fingerprint density at radius 2 is 1.96 bits per heavy atom. The standard InChI is InChI=1S/C21H27N3S/c1-13-5-10-16-18(11-13)25-20-23-19(17(12-22)24(16)20)14-6-8-15(9-7-14)21(2,3)4/h6-9,13H,5,10-12,22H2,1-4H3. The summed E-state index contributed by atoms with van der Waals surface area (Å²) in [6.07, 6.45) is 3.59. The molecule has 25 heavy (non-hydrogen) atoms. The molecule has 3 aromatic rings. The highest BCUT2D eigenvalue weighted by Crippen LogP contribution is 2.36. The number of nitrogens with two attached hydrogens (primary N) is 1. The molecule has 0 bridgehead atoms. The van der Waals surface area contributed by atoms with Crippen LogP contribution >= 0.6 is 11.3 Å². The van der Waals surface area contributed by atoms with Crippen molar-refractivity contribution in [3.63, 3.8) is 0 Å². The van der Waals surface area contributed by atoms with Crippen LogP contribution in [-0.2, 0) is 24.8 Å². The Kier molecular flexibility index (Phi) is 4.00. The molecule has 1 aliphatic carbocycles. The highest BCUT2D eigenvalue weighted by Gasteiger charge is 2.25. The number of hydrogen-bond acceptors (Lipinski definition) is 3. The molecular weight excluding hydrogens is 326 g/mol. The summed E-state index contributed by atoms with van der Waals surface area (Å²) < 4.78 is 2.35. The van der Waals surface area contributed by atoms with Gasteiger partial charge in [0.2, 0.25) is 0 Å². The molecule has 1 aromatic carbocycles. The number of hydrogen-bond donors (Lipinski definition) is 1. The van der Waals surface area contributed by atoms with E-state index in [4.69, 9.17) is 10.7 Å². The largest absolute Gasteiger partial charge is 0.325 e. The molecule has 132 valence electrons. The van der Waals surface area contributed by atoms with Crippen LogP contribution in [0.2, 0.25) is 0 Å². The van der Waals surface area contributed by atoms with Crippen LogP contribution in [0.5, 0.6) is 0 Å². The lowest BCUT2D eigenvalue weighted by Crippen LogP contribution is -2.13. The quantitative estimate of drug-likeness (QED) is 0.709. The first-order chi connectivity index (χ1) is 11.9. The fourth-order valence-electron chi connectivity index (χ4n) is 3.83. The van der Waals surface area contributed by atoms with Crippen molar-refractivity contribution in [2.45, 2.75) is 58.9 Å². The van der Waals surface area contributed by atoms with Crippen molar-refractivity contribution < 1.29 is 0 Å². The fraction of sp³-hybridized carbons (Fsp3) is 0.476. The first kappa shape index (κ1) is 16.8. The zero-order valence-corrected chi connectivity index (χ0v) is 16.4. The first-order valence-corrected chi connectivity index (χ1v) is 10.0. The molecule has 0 spiro atoms. The number of fused-ring (bicyclic) bond motifs is 3. The van der Waals surface area contributed by atoms with Gasteiger partial charge in [0.25, 0.3) is 0 Å². The Hall–Kier alpha value is -1.65. The summed E-state index contributed by atoms with van der Waals surface area (Å²) in [4.78, 5) is 7.59. The van der Waals surface area contributed by atoms with E-state index in [1.165, 1.54) is 34.5 Å². The maximum Gasteiger partial charge on any atom is 0.194 e. The number of imidazole rings is 1. The summed E-state index contributed by atoms with van der Waals surface area (Å²) in [6, 6.07) is 8.84. The molecule has 0 saturated carbocycles. The molecule has 4 heteroatoms. The molecule has 1 unspecified atom stereocenters. The van der Waals surface area contributed by atoms with Crippen molar-refractivity contribution in [1.82, 2.24) is 9.38 Å². The van der Waals surface area contributed by atoms with Crippen LogP contribution in [0.15, 0.2) is 24.3 Å². The number of aryl methyl sites for hydroxylation is 1. The van der Waals surface area contributed by atoms with E-state index >= 15 is 0 Å². The summed E-state index contributed by atoms with van der Waals surface area (Å²) in [5.74, 6) is 0.779. The number of rotatable bonds is 2. The minimum Gasteiger partial charge on any atom is -0.325 e. The highest BCUT2D eigenvalue weighted by molar-refractivity contribution is 7.17. The Morgan fingerprint density at radius 3 is 2.60 bits per heavy atom. The Morgan fingerprint density at radius 1 is 1.24 bits per heavy atom. The third kappa shape index (κ3) is 2.81. The zero-order chi connectivity index (χ0) is 17.8. The van der Waals surface area contributed by atoms with Crippen molar-refractivity contribution in [2.75, 3.05) is 0 Å². The zero-order valence-electron chi connectivity index (χ0n) is 15.6. The van der Waals surface area contributed by atoms with Gasteiger partial charge >= 0.3 is 0 Å². The van der Waals surface area contributed by atoms with Crippen molar-refractivity contribution in [3.8, 4) is 11.3 Å². The van der Waals surface area contributed by atoms with E-state index in [0.29, 0.717) is 6.54 Å². The summed E-state index contributed by atoms with van der Waals surface area (Å²) in [5.41, 5.74) is 12.5. The van der Waals surface area contributed by atoms with Crippen LogP contribution in [0.3, 0.4) is 0 Å². The van der Waals surface area contributed by atoms with E-state index in [2.05, 4.69) is 56.4 Å². The lowest BCUT2D eigenvalue weighted by molar-refractivity contribution is 0.498. The molecule has 2 N–H and O–H groups in total. The lowest BCUT2D eigenvalue weighted by atomic mass is 9.86. The van der Waals surface area contributed by atoms with Crippen molar-refractivity contribution >= 4 is 16.3 Å². The molecule has 0 fully saturated rings. The average molecular weight is 354 g/mol. The SMILES string of the molecule is CC1CCc2c(sc3nc(-c4ccc(C(C)(C)C)cc4)c(CN)n23)C1. The van der Waals surface area contributed by atoms with Crippen molar-refractivity contribution in [1.29, 1.82) is 0 Å². The van der Waals surface area contributed by atoms with Gasteiger partial charge in [0.05, 0.1) is 11.4 Å². The molecule has 4 rings (SSSR count). The maximum absolute atomic E-state index is 6.16. The Bertz CT molecular complexity index is 909. The van der Waals surface area contributed by atoms with Crippen molar-refractivity contribution in [3.05, 3.63) is 46.1 Å². The van der Waals surface area contributed by atoms with E-state index in [0.717, 1.165) is 28.7 Å². The predicted octanol–water partition coefficient (Wildman–Crippen LogP) is 4.94. The minimum atomic E-state index is 0.166. The average Bonchev–Trinajstić information content (AvgIpc) is 3.08. The summed E-state index contributed by atoms with van der Waals surface area (Å²) in [7, 11) is 0. The van der Waals surface area contributed by atoms with Crippen LogP contribution in [0.1, 0.15) is 55.9 Å². The van der Waals surface area contributed by atoms with E-state index in [1.807, 2.05) is 11.3 Å². The second-order valence-electron chi connectivity index (χ2n) is 8.38. The summed E-state index contributed by atoms with van der Waals surface area (Å²) in [6.45, 7) is 9.60. The van der Waals surface area contributed by atoms with Gasteiger partial charge in [0, 0.05) is 22.7 Å². The van der Waals surface area contributed by atoms with Crippen LogP contribution in [0, 0.1) is 5.92 Å². The van der Waals surface area contributed by atoms with Gasteiger partial charge in [-0.25, -0.2) is 4.98 Å². The minimum absolute atomic E-state index is 0.166. The van der Waals surface area contributed by atoms with E-state index in [9.17, 15) is 0 Å². The number of benzene rings is 1. The molecule has 0 radical (unpaired) electrons. The van der Waals surface area contributed by atoms with Crippen LogP contribution in [0.4, 0.5) is 0 Å². The van der Waals surface area contributed by atoms with Gasteiger partial charge in [-0.05, 0) is 36.2 Å². The van der Waals surface area contributed by atoms with Gasteiger partial charge in [-0.1, -0.05) is 52.0 Å². The topological polar surface area (TPSA) is 43.3 Å². The molecule has 0 saturated heterocycles. The first-order valence-electron chi connectivity index (χ1n) is 9.21. The molecule has 2 aromatic heterocycles. The molecule has 2 heterocycles. The monoisotopic (exact) mass is 353 g/mol. The molecule has 1 aliphatic rings. The molecular formula is C21H27N3S. The van der Waals surface area contributed by atoms with Crippen molar-refractivity contribution in [2.24, 2.45) is 11.7 Å². The van der Waals surface area contributed by atoms with E-state index in [-0.39, 0.29) is 5.41 Å². The van der Waals surface area contributed by atoms with Gasteiger partial charge < -0.3 is 5.73 Å². The molecule has 1 atom stereocenters. The second-order valence-corrected chi connectivity index (χ2v) is 9.44. The van der Waals surface area contributed by atoms with Crippen LogP contribution < -0.4 is 5.73 Å².